The van der Waals surface area contributed by atoms with Gasteiger partial charge in [0, 0.05) is 30.5 Å². The minimum Gasteiger partial charge on any atom is -0.335 e. The third-order valence-corrected chi connectivity index (χ3v) is 3.33. The van der Waals surface area contributed by atoms with Crippen molar-refractivity contribution in [1.82, 2.24) is 4.90 Å². The molecule has 90 valence electrons. The second kappa shape index (κ2) is 4.70. The normalized spacial score (nSPS) is 24.8. The average molecular weight is 231 g/mol. The molecule has 1 fully saturated rings. The number of amides is 1. The zero-order chi connectivity index (χ0) is 12.4. The van der Waals surface area contributed by atoms with E-state index in [1.807, 2.05) is 44.2 Å². The van der Waals surface area contributed by atoms with Gasteiger partial charge in [-0.25, -0.2) is 0 Å². The van der Waals surface area contributed by atoms with Crippen LogP contribution in [0, 0.1) is 5.92 Å². The Morgan fingerprint density at radius 1 is 1.24 bits per heavy atom. The zero-order valence-corrected chi connectivity index (χ0v) is 10.2. The summed E-state index contributed by atoms with van der Waals surface area (Å²) < 4.78 is 0. The lowest BCUT2D eigenvalue weighted by Gasteiger charge is -2.36. The summed E-state index contributed by atoms with van der Waals surface area (Å²) in [6.07, 6.45) is 0.472. The SMILES string of the molecule is C[C@H]1CN(C(=O)c2ccccc2)[C@@H](C)CC1=O. The molecule has 2 atom stereocenters. The molecule has 0 aliphatic carbocycles. The van der Waals surface area contributed by atoms with Gasteiger partial charge >= 0.3 is 0 Å². The molecule has 17 heavy (non-hydrogen) atoms. The fraction of sp³-hybridized carbons (Fsp3) is 0.429. The number of hydrogen-bond donors (Lipinski definition) is 0. The third-order valence-electron chi connectivity index (χ3n) is 3.33. The summed E-state index contributed by atoms with van der Waals surface area (Å²) in [6, 6.07) is 9.24. The van der Waals surface area contributed by atoms with Gasteiger partial charge in [0.25, 0.3) is 5.91 Å². The lowest BCUT2D eigenvalue weighted by atomic mass is 9.93. The Bertz CT molecular complexity index is 427. The van der Waals surface area contributed by atoms with Crippen LogP contribution in [-0.4, -0.2) is 29.2 Å². The van der Waals surface area contributed by atoms with Crippen LogP contribution in [0.2, 0.25) is 0 Å². The predicted octanol–water partition coefficient (Wildman–Crippen LogP) is 2.13. The maximum Gasteiger partial charge on any atom is 0.254 e. The van der Waals surface area contributed by atoms with Crippen molar-refractivity contribution in [3.63, 3.8) is 0 Å². The van der Waals surface area contributed by atoms with Crippen molar-refractivity contribution in [3.05, 3.63) is 35.9 Å². The van der Waals surface area contributed by atoms with E-state index < -0.39 is 0 Å². The lowest BCUT2D eigenvalue weighted by molar-refractivity contribution is -0.126. The molecule has 1 saturated heterocycles. The topological polar surface area (TPSA) is 37.4 Å². The van der Waals surface area contributed by atoms with E-state index in [9.17, 15) is 9.59 Å². The number of likely N-dealkylation sites (tertiary alicyclic amines) is 1. The summed E-state index contributed by atoms with van der Waals surface area (Å²) >= 11 is 0. The van der Waals surface area contributed by atoms with Gasteiger partial charge in [-0.3, -0.25) is 9.59 Å². The van der Waals surface area contributed by atoms with Crippen LogP contribution in [0.4, 0.5) is 0 Å². The molecule has 3 heteroatoms. The first-order valence-corrected chi connectivity index (χ1v) is 5.98. The van der Waals surface area contributed by atoms with Crippen LogP contribution in [0.1, 0.15) is 30.6 Å². The van der Waals surface area contributed by atoms with Crippen LogP contribution in [0.3, 0.4) is 0 Å². The van der Waals surface area contributed by atoms with E-state index >= 15 is 0 Å². The van der Waals surface area contributed by atoms with Crippen molar-refractivity contribution in [2.24, 2.45) is 5.92 Å². The summed E-state index contributed by atoms with van der Waals surface area (Å²) in [6.45, 7) is 4.36. The van der Waals surface area contributed by atoms with Crippen molar-refractivity contribution in [3.8, 4) is 0 Å². The number of piperidine rings is 1. The molecule has 1 amide bonds. The highest BCUT2D eigenvalue weighted by molar-refractivity contribution is 5.96. The van der Waals surface area contributed by atoms with Crippen molar-refractivity contribution in [1.29, 1.82) is 0 Å². The van der Waals surface area contributed by atoms with Crippen LogP contribution in [0.5, 0.6) is 0 Å². The van der Waals surface area contributed by atoms with Gasteiger partial charge < -0.3 is 4.90 Å². The second-order valence-corrected chi connectivity index (χ2v) is 4.74. The van der Waals surface area contributed by atoms with Gasteiger partial charge in [-0.2, -0.15) is 0 Å². The molecule has 3 nitrogen and oxygen atoms in total. The van der Waals surface area contributed by atoms with E-state index in [0.29, 0.717) is 18.5 Å². The number of benzene rings is 1. The highest BCUT2D eigenvalue weighted by Crippen LogP contribution is 2.20. The molecule has 1 aliphatic heterocycles. The highest BCUT2D eigenvalue weighted by atomic mass is 16.2. The second-order valence-electron chi connectivity index (χ2n) is 4.74. The first kappa shape index (κ1) is 11.8. The highest BCUT2D eigenvalue weighted by Gasteiger charge is 2.32. The molecule has 0 unspecified atom stereocenters. The van der Waals surface area contributed by atoms with Crippen molar-refractivity contribution in [2.45, 2.75) is 26.3 Å². The molecule has 0 aromatic heterocycles. The molecule has 0 spiro atoms. The van der Waals surface area contributed by atoms with Gasteiger partial charge in [-0.1, -0.05) is 25.1 Å². The maximum atomic E-state index is 12.3. The molecule has 0 radical (unpaired) electrons. The summed E-state index contributed by atoms with van der Waals surface area (Å²) in [4.78, 5) is 25.7. The molecule has 1 aliphatic rings. The van der Waals surface area contributed by atoms with Crippen LogP contribution in [-0.2, 0) is 4.79 Å². The van der Waals surface area contributed by atoms with Gasteiger partial charge in [0.05, 0.1) is 0 Å². The standard InChI is InChI=1S/C14H17NO2/c1-10-9-15(11(2)8-13(10)16)14(17)12-6-4-3-5-7-12/h3-7,10-11H,8-9H2,1-2H3/t10-,11-/m0/s1. The van der Waals surface area contributed by atoms with E-state index in [2.05, 4.69) is 0 Å². The molecule has 1 aromatic rings. The Morgan fingerprint density at radius 2 is 1.88 bits per heavy atom. The minimum absolute atomic E-state index is 0.00593. The summed E-state index contributed by atoms with van der Waals surface area (Å²) in [5.41, 5.74) is 0.695. The van der Waals surface area contributed by atoms with Crippen LogP contribution < -0.4 is 0 Å². The average Bonchev–Trinajstić information content (AvgIpc) is 2.34. The molecular formula is C14H17NO2. The van der Waals surface area contributed by atoms with E-state index in [-0.39, 0.29) is 23.7 Å². The minimum atomic E-state index is -0.0427. The number of Topliss-reactive ketones (excluding diaryl/α,β-unsaturated/α-hetero) is 1. The van der Waals surface area contributed by atoms with Gasteiger partial charge in [0.1, 0.15) is 5.78 Å². The monoisotopic (exact) mass is 231 g/mol. The lowest BCUT2D eigenvalue weighted by Crippen LogP contribution is -2.48. The van der Waals surface area contributed by atoms with E-state index in [1.165, 1.54) is 0 Å². The quantitative estimate of drug-likeness (QED) is 0.742. The predicted molar refractivity (Wildman–Crippen MR) is 65.7 cm³/mol. The number of ketones is 1. The molecule has 0 saturated carbocycles. The Kier molecular flexibility index (Phi) is 3.27. The zero-order valence-electron chi connectivity index (χ0n) is 10.2. The molecule has 0 N–H and O–H groups in total. The van der Waals surface area contributed by atoms with Gasteiger partial charge in [-0.15, -0.1) is 0 Å². The van der Waals surface area contributed by atoms with E-state index in [4.69, 9.17) is 0 Å². The number of rotatable bonds is 1. The Hall–Kier alpha value is -1.64. The largest absolute Gasteiger partial charge is 0.335 e. The number of nitrogens with zero attached hydrogens (tertiary/aromatic N) is 1. The molecular weight excluding hydrogens is 214 g/mol. The van der Waals surface area contributed by atoms with E-state index in [1.54, 1.807) is 4.90 Å². The molecule has 1 heterocycles. The van der Waals surface area contributed by atoms with Crippen molar-refractivity contribution < 1.29 is 9.59 Å². The fourth-order valence-electron chi connectivity index (χ4n) is 2.21. The van der Waals surface area contributed by atoms with Crippen LogP contribution in [0.15, 0.2) is 30.3 Å². The van der Waals surface area contributed by atoms with E-state index in [0.717, 1.165) is 0 Å². The number of hydrogen-bond acceptors (Lipinski definition) is 2. The number of carbonyl (C=O) groups is 2. The van der Waals surface area contributed by atoms with Crippen LogP contribution in [0.25, 0.3) is 0 Å². The third kappa shape index (κ3) is 2.38. The van der Waals surface area contributed by atoms with Gasteiger partial charge in [0.2, 0.25) is 0 Å². The molecule has 2 rings (SSSR count). The maximum absolute atomic E-state index is 12.3. The smallest absolute Gasteiger partial charge is 0.254 e. The van der Waals surface area contributed by atoms with Crippen molar-refractivity contribution >= 4 is 11.7 Å². The van der Waals surface area contributed by atoms with Gasteiger partial charge in [-0.05, 0) is 19.1 Å². The van der Waals surface area contributed by atoms with Gasteiger partial charge in [0.15, 0.2) is 0 Å². The summed E-state index contributed by atoms with van der Waals surface area (Å²) in [7, 11) is 0. The molecule has 0 bridgehead atoms. The molecule has 1 aromatic carbocycles. The fourth-order valence-corrected chi connectivity index (χ4v) is 2.21. The van der Waals surface area contributed by atoms with Crippen molar-refractivity contribution in [2.75, 3.05) is 6.54 Å². The van der Waals surface area contributed by atoms with Crippen LogP contribution >= 0.6 is 0 Å². The Morgan fingerprint density at radius 3 is 2.53 bits per heavy atom. The Labute approximate surface area is 101 Å². The summed E-state index contributed by atoms with van der Waals surface area (Å²) in [5.74, 6) is 0.242. The first-order chi connectivity index (χ1) is 8.09. The first-order valence-electron chi connectivity index (χ1n) is 5.98. The number of carbonyl (C=O) groups excluding carboxylic acids is 2. The Balaban J connectivity index is 2.17. The summed E-state index contributed by atoms with van der Waals surface area (Å²) in [5, 5.41) is 0.